The predicted molar refractivity (Wildman–Crippen MR) is 96.7 cm³/mol. The summed E-state index contributed by atoms with van der Waals surface area (Å²) in [5.41, 5.74) is -2.21. The molecule has 0 saturated heterocycles. The summed E-state index contributed by atoms with van der Waals surface area (Å²) in [5.74, 6) is -2.76. The number of nitro groups is 1. The van der Waals surface area contributed by atoms with Crippen molar-refractivity contribution < 1.29 is 36.8 Å². The second kappa shape index (κ2) is 7.81. The van der Waals surface area contributed by atoms with Crippen LogP contribution in [0.2, 0.25) is 0 Å². The number of nitrogens with zero attached hydrogens (tertiary/aromatic N) is 3. The zero-order valence-corrected chi connectivity index (χ0v) is 15.2. The highest BCUT2D eigenvalue weighted by Crippen LogP contribution is 2.33. The van der Waals surface area contributed by atoms with Gasteiger partial charge in [-0.1, -0.05) is 0 Å². The van der Waals surface area contributed by atoms with Crippen LogP contribution in [-0.2, 0) is 9.53 Å². The van der Waals surface area contributed by atoms with E-state index in [4.69, 9.17) is 9.15 Å². The number of furan rings is 1. The molecule has 0 aliphatic carbocycles. The standard InChI is InChI=1S/C18H12F3N3O6/c1-2-29-17(26)10-3-5-11(6-4-10)23-16(25)13(15(22-23)18(19,20)21)9-12-7-8-14(30-12)24(27)28/h3-9H,2H2,1H3. The van der Waals surface area contributed by atoms with Gasteiger partial charge in [0.05, 0.1) is 29.5 Å². The van der Waals surface area contributed by atoms with E-state index in [2.05, 4.69) is 5.10 Å². The van der Waals surface area contributed by atoms with Gasteiger partial charge in [0.15, 0.2) is 5.71 Å². The van der Waals surface area contributed by atoms with E-state index in [0.29, 0.717) is 5.01 Å². The van der Waals surface area contributed by atoms with E-state index >= 15 is 0 Å². The van der Waals surface area contributed by atoms with Crippen LogP contribution in [0, 0.1) is 10.1 Å². The molecule has 0 radical (unpaired) electrons. The maximum atomic E-state index is 13.4. The van der Waals surface area contributed by atoms with Crippen molar-refractivity contribution in [3.8, 4) is 0 Å². The third-order valence-corrected chi connectivity index (χ3v) is 3.85. The summed E-state index contributed by atoms with van der Waals surface area (Å²) in [7, 11) is 0. The fourth-order valence-corrected chi connectivity index (χ4v) is 2.54. The topological polar surface area (TPSA) is 115 Å². The average Bonchev–Trinajstić information content (AvgIpc) is 3.28. The van der Waals surface area contributed by atoms with Crippen molar-refractivity contribution in [3.63, 3.8) is 0 Å². The maximum absolute atomic E-state index is 13.4. The second-order valence-corrected chi connectivity index (χ2v) is 5.82. The molecule has 0 bridgehead atoms. The Morgan fingerprint density at radius 2 is 1.93 bits per heavy atom. The molecule has 1 aliphatic heterocycles. The molecule has 0 saturated carbocycles. The predicted octanol–water partition coefficient (Wildman–Crippen LogP) is 3.71. The molecule has 1 aliphatic rings. The molecule has 1 aromatic carbocycles. The number of benzene rings is 1. The number of halogens is 3. The molecule has 0 unspecified atom stereocenters. The Morgan fingerprint density at radius 1 is 1.27 bits per heavy atom. The normalized spacial score (nSPS) is 15.5. The van der Waals surface area contributed by atoms with Gasteiger partial charge < -0.3 is 9.15 Å². The lowest BCUT2D eigenvalue weighted by molar-refractivity contribution is -0.402. The summed E-state index contributed by atoms with van der Waals surface area (Å²) in [5, 5.41) is 14.5. The highest BCUT2D eigenvalue weighted by atomic mass is 19.4. The Labute approximate surface area is 166 Å². The first-order valence-electron chi connectivity index (χ1n) is 8.35. The van der Waals surface area contributed by atoms with Crippen molar-refractivity contribution >= 4 is 35.2 Å². The number of amides is 1. The molecule has 3 rings (SSSR count). The van der Waals surface area contributed by atoms with E-state index in [-0.39, 0.29) is 23.6 Å². The lowest BCUT2D eigenvalue weighted by Gasteiger charge is -2.12. The number of carbonyl (C=O) groups is 2. The first kappa shape index (κ1) is 20.8. The van der Waals surface area contributed by atoms with Crippen molar-refractivity contribution in [1.82, 2.24) is 0 Å². The Balaban J connectivity index is 1.96. The number of ether oxygens (including phenoxy) is 1. The molecule has 1 aromatic heterocycles. The highest BCUT2D eigenvalue weighted by molar-refractivity contribution is 6.34. The van der Waals surface area contributed by atoms with E-state index in [1.165, 1.54) is 24.3 Å². The minimum Gasteiger partial charge on any atom is -0.462 e. The third kappa shape index (κ3) is 4.06. The van der Waals surface area contributed by atoms with Crippen molar-refractivity contribution in [2.45, 2.75) is 13.1 Å². The molecule has 156 valence electrons. The van der Waals surface area contributed by atoms with Crippen LogP contribution in [0.1, 0.15) is 23.0 Å². The number of rotatable bonds is 5. The van der Waals surface area contributed by atoms with E-state index in [1.807, 2.05) is 0 Å². The van der Waals surface area contributed by atoms with Crippen LogP contribution < -0.4 is 5.01 Å². The minimum atomic E-state index is -4.97. The van der Waals surface area contributed by atoms with Gasteiger partial charge in [0, 0.05) is 0 Å². The SMILES string of the molecule is CCOC(=O)c1ccc(N2N=C(C(F)(F)F)C(=Cc3ccc([N+](=O)[O-])o3)C2=O)cc1. The number of carbonyl (C=O) groups excluding carboxylic acids is 2. The molecule has 0 atom stereocenters. The zero-order valence-electron chi connectivity index (χ0n) is 15.2. The van der Waals surface area contributed by atoms with Gasteiger partial charge in [-0.05, 0) is 43.3 Å². The van der Waals surface area contributed by atoms with Crippen LogP contribution in [-0.4, -0.2) is 35.3 Å². The van der Waals surface area contributed by atoms with Gasteiger partial charge >= 0.3 is 18.0 Å². The largest absolute Gasteiger partial charge is 0.462 e. The number of esters is 1. The number of alkyl halides is 3. The van der Waals surface area contributed by atoms with E-state index < -0.39 is 40.1 Å². The first-order chi connectivity index (χ1) is 14.1. The van der Waals surface area contributed by atoms with Crippen LogP contribution in [0.15, 0.2) is 51.5 Å². The lowest BCUT2D eigenvalue weighted by atomic mass is 10.1. The van der Waals surface area contributed by atoms with Crippen LogP contribution in [0.25, 0.3) is 6.08 Å². The molecule has 9 nitrogen and oxygen atoms in total. The van der Waals surface area contributed by atoms with Gasteiger partial charge in [-0.25, -0.2) is 4.79 Å². The van der Waals surface area contributed by atoms with Crippen LogP contribution in [0.3, 0.4) is 0 Å². The van der Waals surface area contributed by atoms with Gasteiger partial charge in [-0.3, -0.25) is 14.9 Å². The Morgan fingerprint density at radius 3 is 2.47 bits per heavy atom. The van der Waals surface area contributed by atoms with E-state index in [1.54, 1.807) is 6.92 Å². The molecule has 0 N–H and O–H groups in total. The molecule has 2 heterocycles. The van der Waals surface area contributed by atoms with Crippen LogP contribution in [0.4, 0.5) is 24.7 Å². The summed E-state index contributed by atoms with van der Waals surface area (Å²) < 4.78 is 49.9. The third-order valence-electron chi connectivity index (χ3n) is 3.85. The summed E-state index contributed by atoms with van der Waals surface area (Å²) in [6.45, 7) is 1.76. The van der Waals surface area contributed by atoms with Crippen molar-refractivity contribution in [3.05, 3.63) is 63.4 Å². The molecule has 12 heteroatoms. The number of hydrazone groups is 1. The fraction of sp³-hybridized carbons (Fsp3) is 0.167. The quantitative estimate of drug-likeness (QED) is 0.313. The number of hydrogen-bond acceptors (Lipinski definition) is 7. The average molecular weight is 423 g/mol. The smallest absolute Gasteiger partial charge is 0.435 e. The van der Waals surface area contributed by atoms with Gasteiger partial charge in [0.2, 0.25) is 0 Å². The maximum Gasteiger partial charge on any atom is 0.435 e. The zero-order chi connectivity index (χ0) is 22.1. The Hall–Kier alpha value is -3.96. The molecule has 30 heavy (non-hydrogen) atoms. The molecule has 2 aromatic rings. The number of anilines is 1. The van der Waals surface area contributed by atoms with Gasteiger partial charge in [-0.2, -0.15) is 23.3 Å². The fourth-order valence-electron chi connectivity index (χ4n) is 2.54. The Kier molecular flexibility index (Phi) is 5.41. The second-order valence-electron chi connectivity index (χ2n) is 5.82. The first-order valence-corrected chi connectivity index (χ1v) is 8.35. The molecular weight excluding hydrogens is 411 g/mol. The molecule has 0 spiro atoms. The molecule has 1 amide bonds. The van der Waals surface area contributed by atoms with Crippen LogP contribution in [0.5, 0.6) is 0 Å². The lowest BCUT2D eigenvalue weighted by Crippen LogP contribution is -2.25. The molecular formula is C18H12F3N3O6. The van der Waals surface area contributed by atoms with Crippen molar-refractivity contribution in [2.24, 2.45) is 5.10 Å². The van der Waals surface area contributed by atoms with Crippen molar-refractivity contribution in [2.75, 3.05) is 11.6 Å². The number of hydrogen-bond donors (Lipinski definition) is 0. The minimum absolute atomic E-state index is 0.0244. The van der Waals surface area contributed by atoms with E-state index in [9.17, 15) is 32.9 Å². The van der Waals surface area contributed by atoms with Crippen molar-refractivity contribution in [1.29, 1.82) is 0 Å². The van der Waals surface area contributed by atoms with Gasteiger partial charge in [0.1, 0.15) is 10.7 Å². The summed E-state index contributed by atoms with van der Waals surface area (Å²) in [4.78, 5) is 34.1. The van der Waals surface area contributed by atoms with E-state index in [0.717, 1.165) is 18.2 Å². The monoisotopic (exact) mass is 423 g/mol. The summed E-state index contributed by atoms with van der Waals surface area (Å²) >= 11 is 0. The summed E-state index contributed by atoms with van der Waals surface area (Å²) in [6.07, 6.45) is -4.24. The summed E-state index contributed by atoms with van der Waals surface area (Å²) in [6, 6.07) is 7.04. The van der Waals surface area contributed by atoms with Gasteiger partial charge in [0.25, 0.3) is 5.91 Å². The highest BCUT2D eigenvalue weighted by Gasteiger charge is 2.47. The Bertz CT molecular complexity index is 1070. The van der Waals surface area contributed by atoms with Gasteiger partial charge in [-0.15, -0.1) is 0 Å². The molecule has 0 fully saturated rings. The van der Waals surface area contributed by atoms with Crippen LogP contribution >= 0.6 is 0 Å².